The van der Waals surface area contributed by atoms with E-state index in [0.717, 1.165) is 23.1 Å². The van der Waals surface area contributed by atoms with Gasteiger partial charge in [0.25, 0.3) is 5.91 Å². The maximum atomic E-state index is 12.6. The van der Waals surface area contributed by atoms with E-state index in [1.165, 1.54) is 22.4 Å². The van der Waals surface area contributed by atoms with E-state index in [2.05, 4.69) is 66.0 Å². The van der Waals surface area contributed by atoms with Gasteiger partial charge in [0.15, 0.2) is 0 Å². The zero-order valence-electron chi connectivity index (χ0n) is 17.1. The molecule has 1 amide bonds. The van der Waals surface area contributed by atoms with Crippen LogP contribution in [-0.4, -0.2) is 15.5 Å². The van der Waals surface area contributed by atoms with Crippen LogP contribution in [0.2, 0.25) is 0 Å². The lowest BCUT2D eigenvalue weighted by Gasteiger charge is -2.10. The van der Waals surface area contributed by atoms with Crippen LogP contribution in [0.4, 0.5) is 0 Å². The van der Waals surface area contributed by atoms with E-state index in [-0.39, 0.29) is 5.91 Å². The summed E-state index contributed by atoms with van der Waals surface area (Å²) in [5.74, 6) is -0.0824. The van der Waals surface area contributed by atoms with Gasteiger partial charge in [-0.3, -0.25) is 9.78 Å². The van der Waals surface area contributed by atoms with Crippen molar-refractivity contribution in [3.63, 3.8) is 0 Å². The van der Waals surface area contributed by atoms with Crippen molar-refractivity contribution < 1.29 is 4.79 Å². The second kappa shape index (κ2) is 7.92. The zero-order valence-corrected chi connectivity index (χ0v) is 17.1. The Morgan fingerprint density at radius 2 is 1.86 bits per heavy atom. The van der Waals surface area contributed by atoms with Crippen molar-refractivity contribution in [3.05, 3.63) is 101 Å². The first-order chi connectivity index (χ1) is 14.0. The number of pyridine rings is 1. The minimum atomic E-state index is -0.0824. The smallest absolute Gasteiger partial charge is 0.251 e. The number of fused-ring (bicyclic) bond motifs is 1. The van der Waals surface area contributed by atoms with E-state index in [9.17, 15) is 4.79 Å². The number of carbonyl (C=O) groups is 1. The Hall–Kier alpha value is -3.40. The first-order valence-electron chi connectivity index (χ1n) is 9.86. The number of hydrogen-bond acceptors (Lipinski definition) is 2. The van der Waals surface area contributed by atoms with Gasteiger partial charge in [0.1, 0.15) is 0 Å². The molecule has 1 N–H and O–H groups in total. The van der Waals surface area contributed by atoms with Crippen molar-refractivity contribution in [1.29, 1.82) is 0 Å². The first-order valence-corrected chi connectivity index (χ1v) is 9.86. The van der Waals surface area contributed by atoms with Gasteiger partial charge in [-0.2, -0.15) is 0 Å². The minimum Gasteiger partial charge on any atom is -0.346 e. The molecular weight excluding hydrogens is 358 g/mol. The van der Waals surface area contributed by atoms with Gasteiger partial charge in [0.05, 0.1) is 12.2 Å². The molecule has 4 rings (SSSR count). The van der Waals surface area contributed by atoms with Crippen molar-refractivity contribution in [2.24, 2.45) is 0 Å². The Kier molecular flexibility index (Phi) is 5.17. The number of aryl methyl sites for hydroxylation is 2. The van der Waals surface area contributed by atoms with Crippen LogP contribution in [0.3, 0.4) is 0 Å². The third-order valence-electron chi connectivity index (χ3n) is 5.48. The summed E-state index contributed by atoms with van der Waals surface area (Å²) in [5.41, 5.74) is 7.66. The third kappa shape index (κ3) is 3.92. The maximum Gasteiger partial charge on any atom is 0.251 e. The maximum absolute atomic E-state index is 12.6. The Bertz CT molecular complexity index is 1180. The molecule has 0 spiro atoms. The molecule has 2 aromatic carbocycles. The van der Waals surface area contributed by atoms with Gasteiger partial charge >= 0.3 is 0 Å². The molecule has 2 aromatic heterocycles. The van der Waals surface area contributed by atoms with Crippen molar-refractivity contribution in [3.8, 4) is 0 Å². The molecule has 29 heavy (non-hydrogen) atoms. The predicted molar refractivity (Wildman–Crippen MR) is 117 cm³/mol. The van der Waals surface area contributed by atoms with Crippen LogP contribution in [-0.2, 0) is 13.1 Å². The summed E-state index contributed by atoms with van der Waals surface area (Å²) in [6.45, 7) is 7.63. The molecule has 0 fully saturated rings. The normalized spacial score (nSPS) is 11.0. The molecule has 0 saturated carbocycles. The Morgan fingerprint density at radius 3 is 2.62 bits per heavy atom. The van der Waals surface area contributed by atoms with E-state index < -0.39 is 0 Å². The fourth-order valence-electron chi connectivity index (χ4n) is 3.76. The molecule has 0 bridgehead atoms. The molecule has 4 aromatic rings. The van der Waals surface area contributed by atoms with Crippen LogP contribution < -0.4 is 5.32 Å². The standard InChI is InChI=1S/C25H25N3O/c1-17-7-6-8-20(13-17)16-28-19(3)18(2)23-14-21(10-11-24(23)28)25(29)27-15-22-9-4-5-12-26-22/h4-14H,15-16H2,1-3H3,(H,27,29). The van der Waals surface area contributed by atoms with Gasteiger partial charge in [-0.1, -0.05) is 35.9 Å². The highest BCUT2D eigenvalue weighted by Gasteiger charge is 2.14. The number of rotatable bonds is 5. The summed E-state index contributed by atoms with van der Waals surface area (Å²) in [4.78, 5) is 16.9. The number of nitrogens with one attached hydrogen (secondary N) is 1. The summed E-state index contributed by atoms with van der Waals surface area (Å²) in [5, 5.41) is 4.08. The van der Waals surface area contributed by atoms with Gasteiger partial charge in [0, 0.05) is 34.9 Å². The third-order valence-corrected chi connectivity index (χ3v) is 5.48. The molecule has 146 valence electrons. The molecule has 0 aliphatic rings. The highest BCUT2D eigenvalue weighted by molar-refractivity contribution is 5.99. The minimum absolute atomic E-state index is 0.0824. The van der Waals surface area contributed by atoms with Crippen LogP contribution in [0.25, 0.3) is 10.9 Å². The van der Waals surface area contributed by atoms with Crippen LogP contribution in [0, 0.1) is 20.8 Å². The molecule has 4 nitrogen and oxygen atoms in total. The highest BCUT2D eigenvalue weighted by atomic mass is 16.1. The summed E-state index contributed by atoms with van der Waals surface area (Å²) >= 11 is 0. The lowest BCUT2D eigenvalue weighted by atomic mass is 10.1. The molecule has 4 heteroatoms. The number of carbonyl (C=O) groups excluding carboxylic acids is 1. The number of amides is 1. The quantitative estimate of drug-likeness (QED) is 0.531. The van der Waals surface area contributed by atoms with Crippen LogP contribution in [0.15, 0.2) is 66.9 Å². The number of benzene rings is 2. The Morgan fingerprint density at radius 1 is 1.00 bits per heavy atom. The van der Waals surface area contributed by atoms with E-state index in [4.69, 9.17) is 0 Å². The molecule has 0 atom stereocenters. The highest BCUT2D eigenvalue weighted by Crippen LogP contribution is 2.27. The Labute approximate surface area is 171 Å². The average molecular weight is 383 g/mol. The van der Waals surface area contributed by atoms with Gasteiger partial charge in [-0.15, -0.1) is 0 Å². The topological polar surface area (TPSA) is 46.9 Å². The number of aromatic nitrogens is 2. The fourth-order valence-corrected chi connectivity index (χ4v) is 3.76. The van der Waals surface area contributed by atoms with Crippen molar-refractivity contribution >= 4 is 16.8 Å². The molecule has 0 aliphatic heterocycles. The van der Waals surface area contributed by atoms with Crippen LogP contribution in [0.5, 0.6) is 0 Å². The largest absolute Gasteiger partial charge is 0.346 e. The van der Waals surface area contributed by atoms with E-state index >= 15 is 0 Å². The summed E-state index contributed by atoms with van der Waals surface area (Å²) in [6, 6.07) is 20.2. The van der Waals surface area contributed by atoms with E-state index in [0.29, 0.717) is 12.1 Å². The van der Waals surface area contributed by atoms with Gasteiger partial charge < -0.3 is 9.88 Å². The molecule has 0 unspecified atom stereocenters. The lowest BCUT2D eigenvalue weighted by molar-refractivity contribution is 0.0950. The number of hydrogen-bond donors (Lipinski definition) is 1. The zero-order chi connectivity index (χ0) is 20.4. The lowest BCUT2D eigenvalue weighted by Crippen LogP contribution is -2.23. The molecular formula is C25H25N3O. The van der Waals surface area contributed by atoms with Crippen LogP contribution >= 0.6 is 0 Å². The average Bonchev–Trinajstić information content (AvgIpc) is 2.97. The van der Waals surface area contributed by atoms with Crippen LogP contribution in [0.1, 0.15) is 38.4 Å². The van der Waals surface area contributed by atoms with Gasteiger partial charge in [0.2, 0.25) is 0 Å². The Balaban J connectivity index is 1.61. The fraction of sp³-hybridized carbons (Fsp3) is 0.200. The predicted octanol–water partition coefficient (Wildman–Crippen LogP) is 4.94. The monoisotopic (exact) mass is 383 g/mol. The summed E-state index contributed by atoms with van der Waals surface area (Å²) in [7, 11) is 0. The van der Waals surface area contributed by atoms with E-state index in [1.807, 2.05) is 30.3 Å². The van der Waals surface area contributed by atoms with Gasteiger partial charge in [-0.05, 0) is 62.2 Å². The molecule has 2 heterocycles. The molecule has 0 saturated heterocycles. The van der Waals surface area contributed by atoms with Crippen molar-refractivity contribution in [2.75, 3.05) is 0 Å². The van der Waals surface area contributed by atoms with E-state index in [1.54, 1.807) is 6.20 Å². The van der Waals surface area contributed by atoms with Crippen molar-refractivity contribution in [1.82, 2.24) is 14.9 Å². The second-order valence-corrected chi connectivity index (χ2v) is 7.52. The second-order valence-electron chi connectivity index (χ2n) is 7.52. The first kappa shape index (κ1) is 18.9. The molecule has 0 radical (unpaired) electrons. The summed E-state index contributed by atoms with van der Waals surface area (Å²) < 4.78 is 2.33. The molecule has 0 aliphatic carbocycles. The SMILES string of the molecule is Cc1cccc(Cn2c(C)c(C)c3cc(C(=O)NCc4ccccn4)ccc32)c1. The summed E-state index contributed by atoms with van der Waals surface area (Å²) in [6.07, 6.45) is 1.73. The van der Waals surface area contributed by atoms with Gasteiger partial charge in [-0.25, -0.2) is 0 Å². The number of nitrogens with zero attached hydrogens (tertiary/aromatic N) is 2. The van der Waals surface area contributed by atoms with Crippen molar-refractivity contribution in [2.45, 2.75) is 33.9 Å².